The minimum Gasteiger partial charge on any atom is -0.480 e. The van der Waals surface area contributed by atoms with Crippen LogP contribution in [0.1, 0.15) is 32.9 Å². The summed E-state index contributed by atoms with van der Waals surface area (Å²) < 4.78 is 0. The third-order valence-corrected chi connectivity index (χ3v) is 5.49. The van der Waals surface area contributed by atoms with E-state index in [2.05, 4.69) is 10.3 Å². The lowest BCUT2D eigenvalue weighted by atomic mass is 10.2. The molecule has 23 heavy (non-hydrogen) atoms. The highest BCUT2D eigenvalue weighted by atomic mass is 32.2. The van der Waals surface area contributed by atoms with Crippen molar-refractivity contribution in [3.05, 3.63) is 45.4 Å². The van der Waals surface area contributed by atoms with Gasteiger partial charge in [-0.15, -0.1) is 23.1 Å². The molecule has 0 aliphatic heterocycles. The largest absolute Gasteiger partial charge is 0.480 e. The van der Waals surface area contributed by atoms with Crippen LogP contribution >= 0.6 is 23.1 Å². The molecular formula is C16H18N2O3S2. The van der Waals surface area contributed by atoms with Crippen LogP contribution in [0.3, 0.4) is 0 Å². The van der Waals surface area contributed by atoms with Gasteiger partial charge >= 0.3 is 5.97 Å². The van der Waals surface area contributed by atoms with Crippen molar-refractivity contribution in [2.24, 2.45) is 0 Å². The number of carboxylic acid groups (broad SMARTS) is 1. The van der Waals surface area contributed by atoms with Crippen LogP contribution in [0.15, 0.2) is 29.2 Å². The number of nitrogens with one attached hydrogen (secondary N) is 1. The van der Waals surface area contributed by atoms with E-state index in [1.807, 2.05) is 13.8 Å². The van der Waals surface area contributed by atoms with Crippen molar-refractivity contribution >= 4 is 35.0 Å². The van der Waals surface area contributed by atoms with Crippen LogP contribution in [0.5, 0.6) is 0 Å². The Hall–Kier alpha value is -1.86. The molecule has 0 spiro atoms. The second kappa shape index (κ2) is 7.61. The highest BCUT2D eigenvalue weighted by Crippen LogP contribution is 2.27. The van der Waals surface area contributed by atoms with Crippen LogP contribution in [-0.4, -0.2) is 27.2 Å². The Morgan fingerprint density at radius 2 is 2.04 bits per heavy atom. The zero-order valence-electron chi connectivity index (χ0n) is 13.1. The number of aliphatic carboxylic acids is 1. The van der Waals surface area contributed by atoms with Crippen LogP contribution in [0.25, 0.3) is 0 Å². The van der Waals surface area contributed by atoms with Crippen molar-refractivity contribution in [1.82, 2.24) is 10.3 Å². The number of benzene rings is 1. The van der Waals surface area contributed by atoms with Crippen LogP contribution in [-0.2, 0) is 11.3 Å². The topological polar surface area (TPSA) is 79.3 Å². The number of hydrogen-bond donors (Lipinski definition) is 2. The number of hydrogen-bond acceptors (Lipinski definition) is 5. The lowest BCUT2D eigenvalue weighted by Crippen LogP contribution is -2.23. The monoisotopic (exact) mass is 350 g/mol. The highest BCUT2D eigenvalue weighted by Gasteiger charge is 2.18. The summed E-state index contributed by atoms with van der Waals surface area (Å²) >= 11 is 2.72. The van der Waals surface area contributed by atoms with Gasteiger partial charge in [0.05, 0.1) is 17.8 Å². The smallest absolute Gasteiger partial charge is 0.316 e. The maximum atomic E-state index is 12.4. The lowest BCUT2D eigenvalue weighted by Gasteiger charge is -2.11. The van der Waals surface area contributed by atoms with Crippen molar-refractivity contribution < 1.29 is 14.7 Å². The minimum absolute atomic E-state index is 0.226. The van der Waals surface area contributed by atoms with E-state index in [0.29, 0.717) is 17.0 Å². The Bertz CT molecular complexity index is 708. The van der Waals surface area contributed by atoms with Crippen LogP contribution in [0.2, 0.25) is 0 Å². The summed E-state index contributed by atoms with van der Waals surface area (Å²) in [6.45, 7) is 5.91. The van der Waals surface area contributed by atoms with E-state index in [1.165, 1.54) is 0 Å². The number of aromatic nitrogens is 1. The van der Waals surface area contributed by atoms with Gasteiger partial charge in [-0.1, -0.05) is 12.1 Å². The summed E-state index contributed by atoms with van der Waals surface area (Å²) in [6.07, 6.45) is 0. The maximum Gasteiger partial charge on any atom is 0.316 e. The van der Waals surface area contributed by atoms with Gasteiger partial charge in [-0.25, -0.2) is 4.98 Å². The third-order valence-electron chi connectivity index (χ3n) is 3.26. The second-order valence-corrected chi connectivity index (χ2v) is 7.70. The number of amides is 1. The fraction of sp³-hybridized carbons (Fsp3) is 0.312. The Morgan fingerprint density at radius 1 is 1.35 bits per heavy atom. The Morgan fingerprint density at radius 3 is 2.65 bits per heavy atom. The summed E-state index contributed by atoms with van der Waals surface area (Å²) in [7, 11) is 0. The molecule has 5 nitrogen and oxygen atoms in total. The first-order valence-electron chi connectivity index (χ1n) is 7.08. The van der Waals surface area contributed by atoms with Gasteiger partial charge in [-0.2, -0.15) is 0 Å². The highest BCUT2D eigenvalue weighted by molar-refractivity contribution is 8.00. The number of aryl methyl sites for hydroxylation is 2. The van der Waals surface area contributed by atoms with Crippen molar-refractivity contribution in [2.45, 2.75) is 37.5 Å². The fourth-order valence-electron chi connectivity index (χ4n) is 1.86. The van der Waals surface area contributed by atoms with Gasteiger partial charge in [-0.05, 0) is 32.9 Å². The van der Waals surface area contributed by atoms with Gasteiger partial charge in [0, 0.05) is 9.77 Å². The zero-order valence-corrected chi connectivity index (χ0v) is 14.8. The molecule has 0 fully saturated rings. The van der Waals surface area contributed by atoms with E-state index in [9.17, 15) is 9.59 Å². The molecule has 1 amide bonds. The summed E-state index contributed by atoms with van der Waals surface area (Å²) in [6, 6.07) is 7.02. The molecule has 1 atom stereocenters. The average molecular weight is 350 g/mol. The van der Waals surface area contributed by atoms with Gasteiger partial charge in [-0.3, -0.25) is 9.59 Å². The number of nitrogens with zero attached hydrogens (tertiary/aromatic N) is 1. The van der Waals surface area contributed by atoms with E-state index in [0.717, 1.165) is 27.3 Å². The van der Waals surface area contributed by atoms with E-state index >= 15 is 0 Å². The molecule has 0 aliphatic rings. The second-order valence-electron chi connectivity index (χ2n) is 5.03. The summed E-state index contributed by atoms with van der Waals surface area (Å²) in [5.74, 6) is -1.13. The predicted molar refractivity (Wildman–Crippen MR) is 92.2 cm³/mol. The third kappa shape index (κ3) is 4.56. The van der Waals surface area contributed by atoms with E-state index in [4.69, 9.17) is 5.11 Å². The average Bonchev–Trinajstić information content (AvgIpc) is 2.84. The molecule has 1 aromatic carbocycles. The van der Waals surface area contributed by atoms with Gasteiger partial charge in [0.25, 0.3) is 5.91 Å². The molecule has 0 radical (unpaired) electrons. The number of carboxylic acids is 1. The molecule has 0 saturated carbocycles. The minimum atomic E-state index is -0.904. The molecule has 2 aromatic rings. The first-order chi connectivity index (χ1) is 10.9. The first kappa shape index (κ1) is 17.5. The summed E-state index contributed by atoms with van der Waals surface area (Å²) in [5.41, 5.74) is 1.46. The van der Waals surface area contributed by atoms with E-state index < -0.39 is 11.2 Å². The molecule has 7 heteroatoms. The van der Waals surface area contributed by atoms with E-state index in [-0.39, 0.29) is 5.91 Å². The van der Waals surface area contributed by atoms with Gasteiger partial charge < -0.3 is 10.4 Å². The molecular weight excluding hydrogens is 332 g/mol. The molecule has 2 N–H and O–H groups in total. The number of thiazole rings is 1. The summed E-state index contributed by atoms with van der Waals surface area (Å²) in [4.78, 5) is 29.6. The molecule has 0 aliphatic carbocycles. The van der Waals surface area contributed by atoms with Gasteiger partial charge in [0.2, 0.25) is 0 Å². The van der Waals surface area contributed by atoms with Crippen molar-refractivity contribution in [3.8, 4) is 0 Å². The molecule has 1 unspecified atom stereocenters. The molecule has 1 aromatic heterocycles. The molecule has 2 rings (SSSR count). The standard InChI is InChI=1S/C16H18N2O3S2/c1-9-10(2)23-14(18-9)8-17-15(19)12-6-4-5-7-13(12)22-11(3)16(20)21/h4-7,11H,8H2,1-3H3,(H,17,19)(H,20,21). The van der Waals surface area contributed by atoms with Gasteiger partial charge in [0.15, 0.2) is 0 Å². The number of thioether (sulfide) groups is 1. The SMILES string of the molecule is Cc1nc(CNC(=O)c2ccccc2SC(C)C(=O)O)sc1C. The fourth-order valence-corrected chi connectivity index (χ4v) is 3.66. The van der Waals surface area contributed by atoms with Crippen molar-refractivity contribution in [3.63, 3.8) is 0 Å². The van der Waals surface area contributed by atoms with Crippen molar-refractivity contribution in [1.29, 1.82) is 0 Å². The first-order valence-corrected chi connectivity index (χ1v) is 8.77. The number of carbonyl (C=O) groups is 2. The molecule has 0 bridgehead atoms. The Kier molecular flexibility index (Phi) is 5.79. The molecule has 0 saturated heterocycles. The van der Waals surface area contributed by atoms with Crippen LogP contribution < -0.4 is 5.32 Å². The predicted octanol–water partition coefficient (Wildman–Crippen LogP) is 3.26. The Labute approximate surface area is 143 Å². The van der Waals surface area contributed by atoms with Crippen molar-refractivity contribution in [2.75, 3.05) is 0 Å². The number of rotatable bonds is 6. The summed E-state index contributed by atoms with van der Waals surface area (Å²) in [5, 5.41) is 12.1. The van der Waals surface area contributed by atoms with E-state index in [1.54, 1.807) is 42.5 Å². The molecule has 122 valence electrons. The van der Waals surface area contributed by atoms with Gasteiger partial charge in [0.1, 0.15) is 10.3 Å². The normalized spacial score (nSPS) is 12.0. The van der Waals surface area contributed by atoms with Crippen LogP contribution in [0, 0.1) is 13.8 Å². The van der Waals surface area contributed by atoms with Crippen LogP contribution in [0.4, 0.5) is 0 Å². The number of carbonyl (C=O) groups excluding carboxylic acids is 1. The molecule has 1 heterocycles. The maximum absolute atomic E-state index is 12.4. The zero-order chi connectivity index (χ0) is 17.0. The lowest BCUT2D eigenvalue weighted by molar-refractivity contribution is -0.136. The Balaban J connectivity index is 2.08. The quantitative estimate of drug-likeness (QED) is 0.782.